The number of hydrogen-bond donors (Lipinski definition) is 11. The molecule has 0 aromatic rings. The lowest BCUT2D eigenvalue weighted by Gasteiger charge is -2.28. The van der Waals surface area contributed by atoms with Gasteiger partial charge >= 0.3 is 5.97 Å². The number of likely N-dealkylation sites (tertiary alicyclic amines) is 1. The van der Waals surface area contributed by atoms with Crippen LogP contribution in [0.3, 0.4) is 0 Å². The molecule has 8 amide bonds. The molecule has 1 aliphatic rings. The van der Waals surface area contributed by atoms with E-state index in [1.807, 2.05) is 13.8 Å². The summed E-state index contributed by atoms with van der Waals surface area (Å²) in [6, 6.07) is -6.67. The number of rotatable bonds is 22. The van der Waals surface area contributed by atoms with Gasteiger partial charge in [-0.25, -0.2) is 4.79 Å². The van der Waals surface area contributed by atoms with Crippen LogP contribution in [-0.4, -0.2) is 131 Å². The van der Waals surface area contributed by atoms with Gasteiger partial charge in [0.1, 0.15) is 30.2 Å². The van der Waals surface area contributed by atoms with E-state index in [9.17, 15) is 48.3 Å². The summed E-state index contributed by atoms with van der Waals surface area (Å²) in [7, 11) is 0. The van der Waals surface area contributed by atoms with Crippen LogP contribution in [0.2, 0.25) is 0 Å². The molecule has 21 heteroatoms. The van der Waals surface area contributed by atoms with Gasteiger partial charge in [0.25, 0.3) is 0 Å². The van der Waals surface area contributed by atoms with Gasteiger partial charge < -0.3 is 53.4 Å². The van der Waals surface area contributed by atoms with Crippen molar-refractivity contribution in [1.82, 2.24) is 36.8 Å². The van der Waals surface area contributed by atoms with Gasteiger partial charge in [0.05, 0.1) is 19.1 Å². The molecule has 0 bridgehead atoms. The lowest BCUT2D eigenvalue weighted by molar-refractivity contribution is -0.143. The molecule has 0 aromatic heterocycles. The van der Waals surface area contributed by atoms with Crippen molar-refractivity contribution in [1.29, 1.82) is 0 Å². The average Bonchev–Trinajstić information content (AvgIpc) is 3.57. The van der Waals surface area contributed by atoms with Crippen LogP contribution in [0.25, 0.3) is 0 Å². The average molecular weight is 776 g/mol. The van der Waals surface area contributed by atoms with E-state index in [1.165, 1.54) is 4.90 Å². The van der Waals surface area contributed by atoms with E-state index in [1.54, 1.807) is 13.8 Å². The van der Waals surface area contributed by atoms with Gasteiger partial charge in [0.15, 0.2) is 0 Å². The molecule has 1 fully saturated rings. The topological polar surface area (TPSA) is 301 Å². The highest BCUT2D eigenvalue weighted by Crippen LogP contribution is 2.19. The van der Waals surface area contributed by atoms with Crippen molar-refractivity contribution >= 4 is 78.5 Å². The van der Waals surface area contributed by atoms with Crippen LogP contribution in [0.15, 0.2) is 0 Å². The zero-order valence-corrected chi connectivity index (χ0v) is 31.6. The predicted molar refractivity (Wildman–Crippen MR) is 195 cm³/mol. The highest BCUT2D eigenvalue weighted by Gasteiger charge is 2.38. The van der Waals surface area contributed by atoms with Crippen LogP contribution in [0.5, 0.6) is 0 Å². The first-order valence-corrected chi connectivity index (χ1v) is 18.1. The molecule has 1 rings (SSSR count). The third-order valence-electron chi connectivity index (χ3n) is 7.94. The van der Waals surface area contributed by atoms with Crippen molar-refractivity contribution < 1.29 is 48.3 Å². The summed E-state index contributed by atoms with van der Waals surface area (Å²) in [4.78, 5) is 114. The van der Waals surface area contributed by atoms with Gasteiger partial charge in [-0.05, 0) is 37.5 Å². The fourth-order valence-corrected chi connectivity index (χ4v) is 5.65. The molecule has 0 aliphatic carbocycles. The lowest BCUT2D eigenvalue weighted by atomic mass is 10.0. The molecule has 11 N–H and O–H groups in total. The van der Waals surface area contributed by atoms with Gasteiger partial charge in [-0.2, -0.15) is 25.3 Å². The summed E-state index contributed by atoms with van der Waals surface area (Å²) in [5, 5.41) is 23.7. The normalized spacial score (nSPS) is 16.9. The minimum Gasteiger partial charge on any atom is -0.480 e. The second-order valence-electron chi connectivity index (χ2n) is 13.1. The van der Waals surface area contributed by atoms with Crippen molar-refractivity contribution in [2.75, 3.05) is 31.1 Å². The SMILES string of the molecule is CC(C)C[C@H](N)C(=O)N[C@@H](CS)C(=O)N1CCC[C@H]1C(=O)NCC(=O)NCC(=O)N[C@@H](CCC(N)=O)C(=O)N[C@@H](CS)C(=O)N[C@H](C(=O)O)C(C)C. The van der Waals surface area contributed by atoms with Crippen molar-refractivity contribution in [2.45, 2.75) is 96.1 Å². The number of carbonyl (C=O) groups is 9. The molecule has 0 saturated carbocycles. The summed E-state index contributed by atoms with van der Waals surface area (Å²) >= 11 is 8.23. The second kappa shape index (κ2) is 22.7. The molecule has 1 heterocycles. The largest absolute Gasteiger partial charge is 0.480 e. The number of carboxylic acids is 1. The third-order valence-corrected chi connectivity index (χ3v) is 8.67. The Kier molecular flexibility index (Phi) is 20.1. The summed E-state index contributed by atoms with van der Waals surface area (Å²) < 4.78 is 0. The zero-order valence-electron chi connectivity index (χ0n) is 29.8. The molecule has 0 spiro atoms. The number of carboxylic acid groups (broad SMARTS) is 1. The van der Waals surface area contributed by atoms with Gasteiger partial charge in [-0.3, -0.25) is 38.4 Å². The highest BCUT2D eigenvalue weighted by atomic mass is 32.1. The van der Waals surface area contributed by atoms with Crippen LogP contribution in [0.4, 0.5) is 0 Å². The third kappa shape index (κ3) is 15.6. The molecule has 6 atom stereocenters. The van der Waals surface area contributed by atoms with Crippen LogP contribution < -0.4 is 43.4 Å². The van der Waals surface area contributed by atoms with E-state index in [0.29, 0.717) is 19.3 Å². The van der Waals surface area contributed by atoms with Gasteiger partial charge in [0.2, 0.25) is 47.3 Å². The number of amides is 8. The van der Waals surface area contributed by atoms with Crippen LogP contribution >= 0.6 is 25.3 Å². The minimum absolute atomic E-state index is 0.0318. The number of thiol groups is 2. The Balaban J connectivity index is 2.75. The highest BCUT2D eigenvalue weighted by molar-refractivity contribution is 7.80. The fraction of sp³-hybridized carbons (Fsp3) is 0.710. The van der Waals surface area contributed by atoms with Crippen molar-refractivity contribution in [3.8, 4) is 0 Å². The van der Waals surface area contributed by atoms with Crippen LogP contribution in [0, 0.1) is 11.8 Å². The van der Waals surface area contributed by atoms with E-state index < -0.39 is 108 Å². The number of primary amides is 1. The predicted octanol–water partition coefficient (Wildman–Crippen LogP) is -3.61. The number of nitrogens with zero attached hydrogens (tertiary/aromatic N) is 1. The Labute approximate surface area is 313 Å². The number of nitrogens with one attached hydrogen (secondary N) is 6. The maximum Gasteiger partial charge on any atom is 0.326 e. The molecular formula is C31H53N9O10S2. The van der Waals surface area contributed by atoms with E-state index in [0.717, 1.165) is 0 Å². The number of carbonyl (C=O) groups excluding carboxylic acids is 8. The molecular weight excluding hydrogens is 723 g/mol. The Morgan fingerprint density at radius 1 is 0.788 bits per heavy atom. The molecule has 0 unspecified atom stereocenters. The Bertz CT molecular complexity index is 1320. The fourth-order valence-electron chi connectivity index (χ4n) is 5.14. The first-order valence-electron chi connectivity index (χ1n) is 16.9. The maximum atomic E-state index is 13.2. The molecule has 52 heavy (non-hydrogen) atoms. The van der Waals surface area contributed by atoms with E-state index in [4.69, 9.17) is 11.5 Å². The number of nitrogens with two attached hydrogens (primary N) is 2. The van der Waals surface area contributed by atoms with Gasteiger partial charge in [-0.15, -0.1) is 0 Å². The van der Waals surface area contributed by atoms with Crippen molar-refractivity contribution in [2.24, 2.45) is 23.3 Å². The number of aliphatic carboxylic acids is 1. The molecule has 1 saturated heterocycles. The summed E-state index contributed by atoms with van der Waals surface area (Å²) in [6.45, 7) is 6.02. The molecule has 0 aromatic carbocycles. The van der Waals surface area contributed by atoms with E-state index in [2.05, 4.69) is 57.2 Å². The van der Waals surface area contributed by atoms with Crippen molar-refractivity contribution in [3.05, 3.63) is 0 Å². The maximum absolute atomic E-state index is 13.2. The monoisotopic (exact) mass is 775 g/mol. The van der Waals surface area contributed by atoms with Crippen LogP contribution in [0.1, 0.15) is 59.8 Å². The zero-order chi connectivity index (χ0) is 39.7. The van der Waals surface area contributed by atoms with E-state index in [-0.39, 0.29) is 36.8 Å². The Morgan fingerprint density at radius 2 is 1.37 bits per heavy atom. The summed E-state index contributed by atoms with van der Waals surface area (Å²) in [5.41, 5.74) is 11.1. The summed E-state index contributed by atoms with van der Waals surface area (Å²) in [6.07, 6.45) is 0.638. The quantitative estimate of drug-likeness (QED) is 0.0478. The van der Waals surface area contributed by atoms with Gasteiger partial charge in [0, 0.05) is 24.5 Å². The summed E-state index contributed by atoms with van der Waals surface area (Å²) in [5.74, 6) is -7.65. The molecule has 19 nitrogen and oxygen atoms in total. The molecule has 0 radical (unpaired) electrons. The smallest absolute Gasteiger partial charge is 0.326 e. The molecule has 1 aliphatic heterocycles. The Hall–Kier alpha value is -4.11. The standard InChI is InChI=1S/C31H53N9O10S2/c1-15(2)10-17(32)26(44)38-20(14-52)30(48)40-9-5-6-21(40)29(47)35-11-23(42)34-12-24(43)36-18(7-8-22(33)41)27(45)37-19(13-51)28(46)39-25(16(3)4)31(49)50/h15-21,25,51-52H,5-14,32H2,1-4H3,(H2,33,41)(H,34,42)(H,35,47)(H,36,43)(H,37,45)(H,38,44)(H,39,46)(H,49,50)/t17-,18-,19-,20-,21-,25-/m0/s1. The number of hydrogen-bond acceptors (Lipinski definition) is 12. The van der Waals surface area contributed by atoms with Crippen LogP contribution in [-0.2, 0) is 43.2 Å². The van der Waals surface area contributed by atoms with E-state index >= 15 is 0 Å². The minimum atomic E-state index is -1.38. The second-order valence-corrected chi connectivity index (χ2v) is 13.8. The Morgan fingerprint density at radius 3 is 1.90 bits per heavy atom. The first-order chi connectivity index (χ1) is 24.3. The molecule has 294 valence electrons. The first kappa shape index (κ1) is 45.9. The van der Waals surface area contributed by atoms with Gasteiger partial charge in [-0.1, -0.05) is 27.7 Å². The lowest BCUT2D eigenvalue weighted by Crippen LogP contribution is -2.58. The van der Waals surface area contributed by atoms with Crippen molar-refractivity contribution in [3.63, 3.8) is 0 Å².